The van der Waals surface area contributed by atoms with Crippen LogP contribution in [0.1, 0.15) is 25.0 Å². The van der Waals surface area contributed by atoms with Crippen LogP contribution in [0.3, 0.4) is 0 Å². The fourth-order valence-corrected chi connectivity index (χ4v) is 2.00. The number of hydrogen-bond donors (Lipinski definition) is 1. The summed E-state index contributed by atoms with van der Waals surface area (Å²) in [5, 5.41) is 3.79. The molecule has 21 heavy (non-hydrogen) atoms. The van der Waals surface area contributed by atoms with Crippen molar-refractivity contribution < 1.29 is 9.13 Å². The van der Waals surface area contributed by atoms with E-state index in [1.165, 1.54) is 0 Å². The number of pyridine rings is 1. The molecule has 0 unspecified atom stereocenters. The van der Waals surface area contributed by atoms with Gasteiger partial charge in [0.25, 0.3) is 5.88 Å². The molecule has 2 rings (SSSR count). The number of nitrogens with zero attached hydrogens (tertiary/aromatic N) is 1. The smallest absolute Gasteiger partial charge is 0.251 e. The van der Waals surface area contributed by atoms with Gasteiger partial charge in [0.05, 0.1) is 0 Å². The van der Waals surface area contributed by atoms with Crippen molar-refractivity contribution in [3.63, 3.8) is 0 Å². The molecule has 0 aliphatic heterocycles. The number of rotatable bonds is 6. The molecule has 1 heterocycles. The average Bonchev–Trinajstić information content (AvgIpc) is 2.45. The predicted octanol–water partition coefficient (Wildman–Crippen LogP) is 3.95. The van der Waals surface area contributed by atoms with Gasteiger partial charge in [-0.25, -0.2) is 9.37 Å². The van der Waals surface area contributed by atoms with Crippen LogP contribution in [0.2, 0.25) is 5.02 Å². The van der Waals surface area contributed by atoms with Crippen LogP contribution in [0.4, 0.5) is 4.39 Å². The van der Waals surface area contributed by atoms with Gasteiger partial charge in [-0.1, -0.05) is 37.6 Å². The molecule has 0 radical (unpaired) electrons. The molecule has 0 atom stereocenters. The summed E-state index contributed by atoms with van der Waals surface area (Å²) in [7, 11) is 0. The van der Waals surface area contributed by atoms with Crippen molar-refractivity contribution in [3.05, 3.63) is 58.5 Å². The summed E-state index contributed by atoms with van der Waals surface area (Å²) in [6.07, 6.45) is 1.55. The summed E-state index contributed by atoms with van der Waals surface area (Å²) in [4.78, 5) is 3.95. The van der Waals surface area contributed by atoms with Gasteiger partial charge < -0.3 is 10.1 Å². The molecule has 0 saturated heterocycles. The minimum Gasteiger partial charge on any atom is -0.471 e. The number of ether oxygens (including phenoxy) is 1. The molecule has 0 spiro atoms. The maximum absolute atomic E-state index is 14.3. The first-order valence-electron chi connectivity index (χ1n) is 6.80. The zero-order chi connectivity index (χ0) is 15.2. The molecule has 1 aromatic carbocycles. The Morgan fingerprint density at radius 3 is 2.86 bits per heavy atom. The first kappa shape index (κ1) is 15.7. The van der Waals surface area contributed by atoms with Crippen LogP contribution in [0.25, 0.3) is 0 Å². The second kappa shape index (κ2) is 7.38. The Morgan fingerprint density at radius 2 is 2.14 bits per heavy atom. The van der Waals surface area contributed by atoms with E-state index in [9.17, 15) is 4.39 Å². The molecule has 1 aromatic heterocycles. The van der Waals surface area contributed by atoms with Gasteiger partial charge in [-0.05, 0) is 23.8 Å². The molecule has 0 aliphatic carbocycles. The molecule has 0 fully saturated rings. The van der Waals surface area contributed by atoms with Crippen molar-refractivity contribution >= 4 is 11.6 Å². The van der Waals surface area contributed by atoms with Gasteiger partial charge in [-0.3, -0.25) is 0 Å². The van der Waals surface area contributed by atoms with Crippen molar-refractivity contribution in [3.8, 4) is 5.88 Å². The highest BCUT2D eigenvalue weighted by Crippen LogP contribution is 2.19. The highest BCUT2D eigenvalue weighted by molar-refractivity contribution is 6.30. The quantitative estimate of drug-likeness (QED) is 0.877. The lowest BCUT2D eigenvalue weighted by Crippen LogP contribution is -2.22. The molecule has 0 aliphatic rings. The topological polar surface area (TPSA) is 34.2 Å². The second-order valence-electron chi connectivity index (χ2n) is 5.04. The van der Waals surface area contributed by atoms with Gasteiger partial charge in [-0.2, -0.15) is 0 Å². The molecule has 1 N–H and O–H groups in total. The van der Waals surface area contributed by atoms with Crippen LogP contribution in [-0.4, -0.2) is 11.0 Å². The van der Waals surface area contributed by atoms with Crippen LogP contribution in [0.15, 0.2) is 36.5 Å². The number of halogens is 2. The zero-order valence-electron chi connectivity index (χ0n) is 12.1. The molecule has 5 heteroatoms. The van der Waals surface area contributed by atoms with E-state index >= 15 is 0 Å². The first-order chi connectivity index (χ1) is 10.1. The van der Waals surface area contributed by atoms with Crippen molar-refractivity contribution in [2.45, 2.75) is 33.0 Å². The van der Waals surface area contributed by atoms with E-state index in [-0.39, 0.29) is 18.5 Å². The second-order valence-corrected chi connectivity index (χ2v) is 5.48. The van der Waals surface area contributed by atoms with Gasteiger partial charge in [0, 0.05) is 29.4 Å². The van der Waals surface area contributed by atoms with E-state index in [4.69, 9.17) is 16.3 Å². The molecule has 0 bridgehead atoms. The van der Waals surface area contributed by atoms with Crippen LogP contribution < -0.4 is 10.1 Å². The van der Waals surface area contributed by atoms with Crippen LogP contribution in [0.5, 0.6) is 5.88 Å². The standard InChI is InChI=1S/C16H18ClFN2O/c1-11(2)20-9-13-6-7-19-16(15(13)18)21-10-12-4-3-5-14(17)8-12/h3-8,11,20H,9-10H2,1-2H3. The summed E-state index contributed by atoms with van der Waals surface area (Å²) in [5.41, 5.74) is 1.41. The Hall–Kier alpha value is -1.65. The Morgan fingerprint density at radius 1 is 1.33 bits per heavy atom. The molecular weight excluding hydrogens is 291 g/mol. The summed E-state index contributed by atoms with van der Waals surface area (Å²) in [5.74, 6) is -0.411. The normalized spacial score (nSPS) is 10.9. The minimum atomic E-state index is -0.423. The first-order valence-corrected chi connectivity index (χ1v) is 7.18. The minimum absolute atomic E-state index is 0.0121. The zero-order valence-corrected chi connectivity index (χ0v) is 12.8. The fourth-order valence-electron chi connectivity index (χ4n) is 1.79. The number of hydrogen-bond acceptors (Lipinski definition) is 3. The highest BCUT2D eigenvalue weighted by atomic mass is 35.5. The summed E-state index contributed by atoms with van der Waals surface area (Å²) in [6.45, 7) is 4.69. The van der Waals surface area contributed by atoms with Crippen molar-refractivity contribution in [1.29, 1.82) is 0 Å². The Kier molecular flexibility index (Phi) is 5.53. The third-order valence-corrected chi connectivity index (χ3v) is 3.14. The number of nitrogens with one attached hydrogen (secondary N) is 1. The molecule has 0 saturated carbocycles. The van der Waals surface area contributed by atoms with Crippen molar-refractivity contribution in [1.82, 2.24) is 10.3 Å². The molecule has 3 nitrogen and oxygen atoms in total. The van der Waals surface area contributed by atoms with Crippen LogP contribution >= 0.6 is 11.6 Å². The Labute approximate surface area is 129 Å². The van der Waals surface area contributed by atoms with E-state index in [0.717, 1.165) is 5.56 Å². The van der Waals surface area contributed by atoms with E-state index in [0.29, 0.717) is 17.1 Å². The monoisotopic (exact) mass is 308 g/mol. The van der Waals surface area contributed by atoms with Gasteiger partial charge in [-0.15, -0.1) is 0 Å². The molecule has 2 aromatic rings. The lowest BCUT2D eigenvalue weighted by Gasteiger charge is -2.11. The average molecular weight is 309 g/mol. The lowest BCUT2D eigenvalue weighted by molar-refractivity contribution is 0.275. The Balaban J connectivity index is 2.04. The van der Waals surface area contributed by atoms with E-state index in [1.54, 1.807) is 24.4 Å². The summed E-state index contributed by atoms with van der Waals surface area (Å²) >= 11 is 5.90. The number of benzene rings is 1. The fraction of sp³-hybridized carbons (Fsp3) is 0.312. The van der Waals surface area contributed by atoms with E-state index in [2.05, 4.69) is 10.3 Å². The third-order valence-electron chi connectivity index (χ3n) is 2.90. The summed E-state index contributed by atoms with van der Waals surface area (Å²) in [6, 6.07) is 9.19. The van der Waals surface area contributed by atoms with E-state index < -0.39 is 5.82 Å². The lowest BCUT2D eigenvalue weighted by atomic mass is 10.2. The maximum atomic E-state index is 14.3. The van der Waals surface area contributed by atoms with Gasteiger partial charge in [0.15, 0.2) is 5.82 Å². The van der Waals surface area contributed by atoms with Crippen molar-refractivity contribution in [2.24, 2.45) is 0 Å². The predicted molar refractivity (Wildman–Crippen MR) is 82.0 cm³/mol. The molecular formula is C16H18ClFN2O. The maximum Gasteiger partial charge on any atom is 0.251 e. The van der Waals surface area contributed by atoms with Crippen LogP contribution in [0, 0.1) is 5.82 Å². The van der Waals surface area contributed by atoms with Gasteiger partial charge in [0.1, 0.15) is 6.61 Å². The SMILES string of the molecule is CC(C)NCc1ccnc(OCc2cccc(Cl)c2)c1F. The van der Waals surface area contributed by atoms with Gasteiger partial charge in [0.2, 0.25) is 0 Å². The highest BCUT2D eigenvalue weighted by Gasteiger charge is 2.11. The van der Waals surface area contributed by atoms with E-state index in [1.807, 2.05) is 26.0 Å². The molecule has 0 amide bonds. The number of aromatic nitrogens is 1. The van der Waals surface area contributed by atoms with Crippen molar-refractivity contribution in [2.75, 3.05) is 0 Å². The summed E-state index contributed by atoms with van der Waals surface area (Å²) < 4.78 is 19.7. The van der Waals surface area contributed by atoms with Crippen LogP contribution in [-0.2, 0) is 13.2 Å². The molecule has 112 valence electrons. The van der Waals surface area contributed by atoms with Gasteiger partial charge >= 0.3 is 0 Å². The largest absolute Gasteiger partial charge is 0.471 e. The Bertz CT molecular complexity index is 605. The third kappa shape index (κ3) is 4.69.